The molecule has 142 valence electrons. The summed E-state index contributed by atoms with van der Waals surface area (Å²) in [6, 6.07) is 9.16. The fourth-order valence-electron chi connectivity index (χ4n) is 3.52. The number of carbonyl (C=O) groups excluding carboxylic acids is 2. The van der Waals surface area contributed by atoms with Gasteiger partial charge < -0.3 is 23.7 Å². The first-order valence-electron chi connectivity index (χ1n) is 9.01. The standard InChI is InChI=1S/C20H22N2O5/c1-13-3-5-16(27-13)12-21(2)20(24)14-9-19(23)22(11-14)15-4-6-17-18(10-15)26-8-7-25-17/h3-6,10,14H,7-9,11-12H2,1-2H3. The zero-order valence-electron chi connectivity index (χ0n) is 15.4. The molecule has 0 saturated carbocycles. The first kappa shape index (κ1) is 17.5. The highest BCUT2D eigenvalue weighted by atomic mass is 16.6. The van der Waals surface area contributed by atoms with Gasteiger partial charge in [-0.1, -0.05) is 0 Å². The summed E-state index contributed by atoms with van der Waals surface area (Å²) in [4.78, 5) is 28.5. The van der Waals surface area contributed by atoms with Crippen molar-refractivity contribution in [1.82, 2.24) is 4.90 Å². The molecule has 1 atom stereocenters. The molecule has 1 saturated heterocycles. The normalized spacial score (nSPS) is 18.7. The van der Waals surface area contributed by atoms with Gasteiger partial charge in [-0.3, -0.25) is 9.59 Å². The number of rotatable bonds is 4. The molecule has 7 nitrogen and oxygen atoms in total. The molecule has 2 aromatic rings. The highest BCUT2D eigenvalue weighted by Gasteiger charge is 2.37. The van der Waals surface area contributed by atoms with E-state index in [0.717, 1.165) is 17.2 Å². The first-order valence-corrected chi connectivity index (χ1v) is 9.01. The van der Waals surface area contributed by atoms with Crippen LogP contribution < -0.4 is 14.4 Å². The summed E-state index contributed by atoms with van der Waals surface area (Å²) in [5, 5.41) is 0. The van der Waals surface area contributed by atoms with Crippen molar-refractivity contribution in [3.63, 3.8) is 0 Å². The van der Waals surface area contributed by atoms with Gasteiger partial charge in [-0.15, -0.1) is 0 Å². The molecule has 2 amide bonds. The molecule has 1 aromatic heterocycles. The van der Waals surface area contributed by atoms with E-state index in [4.69, 9.17) is 13.9 Å². The van der Waals surface area contributed by atoms with E-state index in [2.05, 4.69) is 0 Å². The van der Waals surface area contributed by atoms with Crippen LogP contribution in [-0.4, -0.2) is 43.5 Å². The maximum absolute atomic E-state index is 12.8. The maximum Gasteiger partial charge on any atom is 0.228 e. The van der Waals surface area contributed by atoms with E-state index in [0.29, 0.717) is 37.8 Å². The van der Waals surface area contributed by atoms with E-state index in [-0.39, 0.29) is 24.2 Å². The molecule has 27 heavy (non-hydrogen) atoms. The quantitative estimate of drug-likeness (QED) is 0.826. The monoisotopic (exact) mass is 370 g/mol. The number of fused-ring (bicyclic) bond motifs is 1. The van der Waals surface area contributed by atoms with Crippen LogP contribution in [0.5, 0.6) is 11.5 Å². The van der Waals surface area contributed by atoms with Gasteiger partial charge in [0.05, 0.1) is 12.5 Å². The van der Waals surface area contributed by atoms with Crippen molar-refractivity contribution < 1.29 is 23.5 Å². The summed E-state index contributed by atoms with van der Waals surface area (Å²) in [7, 11) is 1.73. The minimum atomic E-state index is -0.369. The highest BCUT2D eigenvalue weighted by Crippen LogP contribution is 2.36. The van der Waals surface area contributed by atoms with Crippen molar-refractivity contribution in [2.45, 2.75) is 19.9 Å². The van der Waals surface area contributed by atoms with E-state index in [9.17, 15) is 9.59 Å². The second-order valence-electron chi connectivity index (χ2n) is 6.94. The Morgan fingerprint density at radius 3 is 2.70 bits per heavy atom. The Balaban J connectivity index is 1.44. The number of anilines is 1. The summed E-state index contributed by atoms with van der Waals surface area (Å²) in [5.74, 6) is 2.36. The van der Waals surface area contributed by atoms with Crippen molar-refractivity contribution in [2.75, 3.05) is 31.7 Å². The SMILES string of the molecule is Cc1ccc(CN(C)C(=O)C2CC(=O)N(c3ccc4c(c3)OCCO4)C2)o1. The number of hydrogen-bond acceptors (Lipinski definition) is 5. The summed E-state index contributed by atoms with van der Waals surface area (Å²) < 4.78 is 16.6. The fourth-order valence-corrected chi connectivity index (χ4v) is 3.52. The molecule has 1 aromatic carbocycles. The molecule has 2 aliphatic rings. The number of aryl methyl sites for hydroxylation is 1. The number of furan rings is 1. The number of hydrogen-bond donors (Lipinski definition) is 0. The molecule has 1 unspecified atom stereocenters. The van der Waals surface area contributed by atoms with Crippen molar-refractivity contribution in [2.24, 2.45) is 5.92 Å². The van der Waals surface area contributed by atoms with Gasteiger partial charge in [0.15, 0.2) is 11.5 Å². The largest absolute Gasteiger partial charge is 0.486 e. The summed E-state index contributed by atoms with van der Waals surface area (Å²) in [6.07, 6.45) is 0.203. The van der Waals surface area contributed by atoms with Crippen molar-refractivity contribution in [1.29, 1.82) is 0 Å². The van der Waals surface area contributed by atoms with Gasteiger partial charge in [0.1, 0.15) is 24.7 Å². The molecule has 7 heteroatoms. The lowest BCUT2D eigenvalue weighted by Crippen LogP contribution is -2.34. The Bertz CT molecular complexity index is 875. The number of ether oxygens (including phenoxy) is 2. The Morgan fingerprint density at radius 1 is 1.19 bits per heavy atom. The van der Waals surface area contributed by atoms with Crippen LogP contribution in [-0.2, 0) is 16.1 Å². The van der Waals surface area contributed by atoms with Crippen LogP contribution in [0.2, 0.25) is 0 Å². The number of carbonyl (C=O) groups is 2. The molecule has 1 fully saturated rings. The predicted octanol–water partition coefficient (Wildman–Crippen LogP) is 2.37. The molecule has 2 aliphatic heterocycles. The number of benzene rings is 1. The molecular weight excluding hydrogens is 348 g/mol. The Morgan fingerprint density at radius 2 is 1.96 bits per heavy atom. The molecule has 4 rings (SSSR count). The molecule has 0 spiro atoms. The molecule has 0 radical (unpaired) electrons. The van der Waals surface area contributed by atoms with Crippen LogP contribution in [0.1, 0.15) is 17.9 Å². The first-order chi connectivity index (χ1) is 13.0. The van der Waals surface area contributed by atoms with Crippen LogP contribution in [0.3, 0.4) is 0 Å². The number of nitrogens with zero attached hydrogens (tertiary/aromatic N) is 2. The summed E-state index contributed by atoms with van der Waals surface area (Å²) in [6.45, 7) is 3.63. The van der Waals surface area contributed by atoms with Gasteiger partial charge in [-0.05, 0) is 31.2 Å². The average molecular weight is 370 g/mol. The van der Waals surface area contributed by atoms with Gasteiger partial charge in [0.2, 0.25) is 11.8 Å². The van der Waals surface area contributed by atoms with Gasteiger partial charge in [-0.25, -0.2) is 0 Å². The summed E-state index contributed by atoms with van der Waals surface area (Å²) in [5.41, 5.74) is 0.726. The van der Waals surface area contributed by atoms with Crippen molar-refractivity contribution in [3.8, 4) is 11.5 Å². The van der Waals surface area contributed by atoms with Crippen molar-refractivity contribution >= 4 is 17.5 Å². The topological polar surface area (TPSA) is 72.2 Å². The van der Waals surface area contributed by atoms with E-state index < -0.39 is 0 Å². The predicted molar refractivity (Wildman–Crippen MR) is 97.8 cm³/mol. The second-order valence-corrected chi connectivity index (χ2v) is 6.94. The fraction of sp³-hybridized carbons (Fsp3) is 0.400. The maximum atomic E-state index is 12.8. The lowest BCUT2D eigenvalue weighted by atomic mass is 10.1. The average Bonchev–Trinajstić information content (AvgIpc) is 3.26. The Labute approximate surface area is 157 Å². The van der Waals surface area contributed by atoms with E-state index in [1.165, 1.54) is 0 Å². The smallest absolute Gasteiger partial charge is 0.228 e. The molecule has 0 aliphatic carbocycles. The number of amides is 2. The van der Waals surface area contributed by atoms with E-state index in [1.54, 1.807) is 29.0 Å². The lowest BCUT2D eigenvalue weighted by Gasteiger charge is -2.23. The summed E-state index contributed by atoms with van der Waals surface area (Å²) >= 11 is 0. The van der Waals surface area contributed by atoms with Crippen LogP contribution >= 0.6 is 0 Å². The minimum absolute atomic E-state index is 0.0579. The van der Waals surface area contributed by atoms with E-state index in [1.807, 2.05) is 25.1 Å². The van der Waals surface area contributed by atoms with Crippen LogP contribution in [0, 0.1) is 12.8 Å². The third kappa shape index (κ3) is 3.49. The van der Waals surface area contributed by atoms with Gasteiger partial charge in [0, 0.05) is 31.8 Å². The zero-order valence-corrected chi connectivity index (χ0v) is 15.4. The molecule has 0 bridgehead atoms. The zero-order chi connectivity index (χ0) is 19.0. The lowest BCUT2D eigenvalue weighted by molar-refractivity contribution is -0.135. The molecule has 0 N–H and O–H groups in total. The Hall–Kier alpha value is -2.96. The van der Waals surface area contributed by atoms with Crippen LogP contribution in [0.15, 0.2) is 34.7 Å². The third-order valence-corrected chi connectivity index (χ3v) is 4.88. The van der Waals surface area contributed by atoms with Crippen LogP contribution in [0.25, 0.3) is 0 Å². The van der Waals surface area contributed by atoms with Gasteiger partial charge in [0.25, 0.3) is 0 Å². The second kappa shape index (κ2) is 6.98. The third-order valence-electron chi connectivity index (χ3n) is 4.88. The molecule has 3 heterocycles. The van der Waals surface area contributed by atoms with Crippen molar-refractivity contribution in [3.05, 3.63) is 41.9 Å². The minimum Gasteiger partial charge on any atom is -0.486 e. The highest BCUT2D eigenvalue weighted by molar-refractivity contribution is 6.00. The van der Waals surface area contributed by atoms with Gasteiger partial charge in [-0.2, -0.15) is 0 Å². The Kier molecular flexibility index (Phi) is 4.51. The van der Waals surface area contributed by atoms with Gasteiger partial charge >= 0.3 is 0 Å². The van der Waals surface area contributed by atoms with Crippen LogP contribution in [0.4, 0.5) is 5.69 Å². The van der Waals surface area contributed by atoms with E-state index >= 15 is 0 Å². The molecular formula is C20H22N2O5.